The first-order valence-electron chi connectivity index (χ1n) is 4.78. The van der Waals surface area contributed by atoms with E-state index >= 15 is 0 Å². The summed E-state index contributed by atoms with van der Waals surface area (Å²) in [6.07, 6.45) is 3.83. The third-order valence-electron chi connectivity index (χ3n) is 1.97. The zero-order valence-electron chi connectivity index (χ0n) is 9.17. The first-order valence-corrected chi connectivity index (χ1v) is 6.58. The molecule has 0 saturated carbocycles. The first kappa shape index (κ1) is 11.3. The molecule has 2 heterocycles. The van der Waals surface area contributed by atoms with Crippen molar-refractivity contribution in [1.82, 2.24) is 20.0 Å². The van der Waals surface area contributed by atoms with Gasteiger partial charge in [-0.3, -0.25) is 4.68 Å². The van der Waals surface area contributed by atoms with Crippen LogP contribution in [0, 0.1) is 6.92 Å². The lowest BCUT2D eigenvalue weighted by atomic mass is 10.3. The summed E-state index contributed by atoms with van der Waals surface area (Å²) in [6.45, 7) is 5.66. The lowest BCUT2D eigenvalue weighted by molar-refractivity contribution is 0.756. The summed E-state index contributed by atoms with van der Waals surface area (Å²) >= 11 is 3.24. The second-order valence-electron chi connectivity index (χ2n) is 3.27. The normalized spacial score (nSPS) is 10.6. The van der Waals surface area contributed by atoms with Gasteiger partial charge >= 0.3 is 0 Å². The third-order valence-corrected chi connectivity index (χ3v) is 4.06. The molecule has 0 amide bonds. The molecule has 0 radical (unpaired) electrons. The predicted octanol–water partition coefficient (Wildman–Crippen LogP) is 2.53. The maximum Gasteiger partial charge on any atom is 0.174 e. The van der Waals surface area contributed by atoms with Crippen LogP contribution in [0.5, 0.6) is 0 Å². The monoisotopic (exact) mass is 252 g/mol. The molecule has 0 aromatic carbocycles. The molecule has 2 rings (SSSR count). The summed E-state index contributed by atoms with van der Waals surface area (Å²) in [5, 5.41) is 13.5. The van der Waals surface area contributed by atoms with Gasteiger partial charge in [0.15, 0.2) is 9.35 Å². The van der Waals surface area contributed by atoms with Crippen molar-refractivity contribution in [3.63, 3.8) is 0 Å². The van der Waals surface area contributed by atoms with Crippen molar-refractivity contribution in [1.29, 1.82) is 0 Å². The minimum atomic E-state index is 0.862. The number of nitrogens with zero attached hydrogens (tertiary/aromatic N) is 4. The van der Waals surface area contributed by atoms with E-state index in [2.05, 4.69) is 21.9 Å². The number of aryl methyl sites for hydroxylation is 2. The van der Waals surface area contributed by atoms with Crippen LogP contribution in [-0.2, 0) is 7.05 Å². The van der Waals surface area contributed by atoms with Gasteiger partial charge in [-0.05, 0) is 6.92 Å². The van der Waals surface area contributed by atoms with E-state index < -0.39 is 0 Å². The lowest BCUT2D eigenvalue weighted by Gasteiger charge is -1.88. The minimum Gasteiger partial charge on any atom is -0.275 e. The highest BCUT2D eigenvalue weighted by atomic mass is 32.2. The van der Waals surface area contributed by atoms with Crippen LogP contribution in [0.4, 0.5) is 0 Å². The van der Waals surface area contributed by atoms with E-state index in [1.54, 1.807) is 27.8 Å². The largest absolute Gasteiger partial charge is 0.275 e. The average molecular weight is 252 g/mol. The smallest absolute Gasteiger partial charge is 0.174 e. The summed E-state index contributed by atoms with van der Waals surface area (Å²) in [5.41, 5.74) is 2.05. The van der Waals surface area contributed by atoms with Crippen LogP contribution in [0.1, 0.15) is 5.69 Å². The molecular formula is C10H12N4S2. The zero-order chi connectivity index (χ0) is 11.5. The lowest BCUT2D eigenvalue weighted by Crippen LogP contribution is -1.86. The van der Waals surface area contributed by atoms with E-state index in [1.165, 1.54) is 0 Å². The van der Waals surface area contributed by atoms with Gasteiger partial charge in [0.25, 0.3) is 0 Å². The molecule has 0 saturated heterocycles. The molecule has 16 heavy (non-hydrogen) atoms. The van der Waals surface area contributed by atoms with Gasteiger partial charge in [-0.15, -0.1) is 16.8 Å². The van der Waals surface area contributed by atoms with Crippen molar-refractivity contribution in [2.45, 2.75) is 11.3 Å². The standard InChI is InChI=1S/C10H12N4S2/c1-4-5-15-10-12-11-9(16-10)8-6-14(3)13-7(8)2/h4,6H,1,5H2,2-3H3. The molecule has 0 spiro atoms. The van der Waals surface area contributed by atoms with Crippen molar-refractivity contribution in [3.8, 4) is 10.6 Å². The van der Waals surface area contributed by atoms with Crippen molar-refractivity contribution < 1.29 is 0 Å². The quantitative estimate of drug-likeness (QED) is 0.619. The Morgan fingerprint density at radius 2 is 2.38 bits per heavy atom. The molecule has 0 unspecified atom stereocenters. The van der Waals surface area contributed by atoms with Crippen molar-refractivity contribution >= 4 is 23.1 Å². The Morgan fingerprint density at radius 1 is 1.56 bits per heavy atom. The number of thioether (sulfide) groups is 1. The maximum atomic E-state index is 4.29. The topological polar surface area (TPSA) is 43.6 Å². The second kappa shape index (κ2) is 4.80. The fourth-order valence-corrected chi connectivity index (χ4v) is 2.99. The Kier molecular flexibility index (Phi) is 3.40. The number of rotatable bonds is 4. The Morgan fingerprint density at radius 3 is 3.00 bits per heavy atom. The highest BCUT2D eigenvalue weighted by Crippen LogP contribution is 2.30. The predicted molar refractivity (Wildman–Crippen MR) is 67.8 cm³/mol. The van der Waals surface area contributed by atoms with Crippen LogP contribution in [0.2, 0.25) is 0 Å². The van der Waals surface area contributed by atoms with Crippen LogP contribution >= 0.6 is 23.1 Å². The first-order chi connectivity index (χ1) is 7.70. The molecule has 2 aromatic heterocycles. The molecule has 0 aliphatic rings. The Labute approximate surface area is 102 Å². The van der Waals surface area contributed by atoms with Crippen LogP contribution < -0.4 is 0 Å². The van der Waals surface area contributed by atoms with E-state index in [9.17, 15) is 0 Å². The Hall–Kier alpha value is -1.14. The number of aromatic nitrogens is 4. The molecule has 4 nitrogen and oxygen atoms in total. The summed E-state index contributed by atoms with van der Waals surface area (Å²) in [5.74, 6) is 0.862. The fraction of sp³-hybridized carbons (Fsp3) is 0.300. The summed E-state index contributed by atoms with van der Waals surface area (Å²) < 4.78 is 2.76. The molecule has 0 bridgehead atoms. The maximum absolute atomic E-state index is 4.29. The van der Waals surface area contributed by atoms with Crippen LogP contribution in [0.3, 0.4) is 0 Å². The summed E-state index contributed by atoms with van der Waals surface area (Å²) in [6, 6.07) is 0. The molecule has 2 aromatic rings. The van der Waals surface area contributed by atoms with Crippen LogP contribution in [-0.4, -0.2) is 25.7 Å². The minimum absolute atomic E-state index is 0.862. The third kappa shape index (κ3) is 2.33. The van der Waals surface area contributed by atoms with E-state index in [-0.39, 0.29) is 0 Å². The molecule has 0 aliphatic heterocycles. The van der Waals surface area contributed by atoms with Gasteiger partial charge in [0, 0.05) is 19.0 Å². The van der Waals surface area contributed by atoms with Crippen LogP contribution in [0.25, 0.3) is 10.6 Å². The Bertz CT molecular complexity index is 501. The van der Waals surface area contributed by atoms with Gasteiger partial charge in [-0.2, -0.15) is 5.10 Å². The van der Waals surface area contributed by atoms with E-state index in [4.69, 9.17) is 0 Å². The van der Waals surface area contributed by atoms with Gasteiger partial charge in [0.05, 0.1) is 11.3 Å². The van der Waals surface area contributed by atoms with E-state index in [1.807, 2.05) is 26.2 Å². The van der Waals surface area contributed by atoms with Crippen molar-refractivity contribution in [2.24, 2.45) is 7.05 Å². The number of hydrogen-bond donors (Lipinski definition) is 0. The van der Waals surface area contributed by atoms with Gasteiger partial charge in [-0.1, -0.05) is 29.2 Å². The molecule has 0 fully saturated rings. The molecular weight excluding hydrogens is 240 g/mol. The summed E-state index contributed by atoms with van der Waals surface area (Å²) in [4.78, 5) is 0. The van der Waals surface area contributed by atoms with Crippen molar-refractivity contribution in [3.05, 3.63) is 24.5 Å². The van der Waals surface area contributed by atoms with Crippen LogP contribution in [0.15, 0.2) is 23.2 Å². The van der Waals surface area contributed by atoms with Gasteiger partial charge in [0.1, 0.15) is 0 Å². The summed E-state index contributed by atoms with van der Waals surface area (Å²) in [7, 11) is 1.91. The fourth-order valence-electron chi connectivity index (χ4n) is 1.32. The van der Waals surface area contributed by atoms with Crippen molar-refractivity contribution in [2.75, 3.05) is 5.75 Å². The molecule has 6 heteroatoms. The SMILES string of the molecule is C=CCSc1nnc(-c2cn(C)nc2C)s1. The second-order valence-corrected chi connectivity index (χ2v) is 5.52. The van der Waals surface area contributed by atoms with E-state index in [0.29, 0.717) is 0 Å². The molecule has 0 aliphatic carbocycles. The average Bonchev–Trinajstić information content (AvgIpc) is 2.82. The molecule has 0 N–H and O–H groups in total. The highest BCUT2D eigenvalue weighted by Gasteiger charge is 2.11. The zero-order valence-corrected chi connectivity index (χ0v) is 10.8. The van der Waals surface area contributed by atoms with Gasteiger partial charge in [0.2, 0.25) is 0 Å². The molecule has 84 valence electrons. The highest BCUT2D eigenvalue weighted by molar-refractivity contribution is 8.01. The molecule has 0 atom stereocenters. The Balaban J connectivity index is 2.24. The van der Waals surface area contributed by atoms with Gasteiger partial charge < -0.3 is 0 Å². The number of hydrogen-bond acceptors (Lipinski definition) is 5. The van der Waals surface area contributed by atoms with Gasteiger partial charge in [-0.25, -0.2) is 0 Å². The van der Waals surface area contributed by atoms with E-state index in [0.717, 1.165) is 26.4 Å².